The Labute approximate surface area is 145 Å². The summed E-state index contributed by atoms with van der Waals surface area (Å²) in [6.07, 6.45) is 2.58. The molecule has 0 aliphatic heterocycles. The minimum Gasteiger partial charge on any atom is -0.388 e. The third-order valence-electron chi connectivity index (χ3n) is 4.90. The molecule has 1 unspecified atom stereocenters. The summed E-state index contributed by atoms with van der Waals surface area (Å²) in [6.45, 7) is 4.36. The highest BCUT2D eigenvalue weighted by molar-refractivity contribution is 5.86. The van der Waals surface area contributed by atoms with Gasteiger partial charge >= 0.3 is 0 Å². The average molecular weight is 318 g/mol. The van der Waals surface area contributed by atoms with Gasteiger partial charge in [-0.05, 0) is 54.0 Å². The predicted molar refractivity (Wildman–Crippen MR) is 102 cm³/mol. The fourth-order valence-electron chi connectivity index (χ4n) is 3.50. The summed E-state index contributed by atoms with van der Waals surface area (Å²) in [5.74, 6) is 0.501. The van der Waals surface area contributed by atoms with Gasteiger partial charge < -0.3 is 5.11 Å². The lowest BCUT2D eigenvalue weighted by Gasteiger charge is -2.16. The zero-order chi connectivity index (χ0) is 16.9. The molecule has 0 bridgehead atoms. The van der Waals surface area contributed by atoms with Crippen molar-refractivity contribution in [3.63, 3.8) is 0 Å². The molecule has 0 saturated heterocycles. The molecular weight excluding hydrogens is 292 g/mol. The molecule has 1 nitrogen and oxygen atoms in total. The maximum absolute atomic E-state index is 10.4. The van der Waals surface area contributed by atoms with Gasteiger partial charge in [0.25, 0.3) is 0 Å². The van der Waals surface area contributed by atoms with Gasteiger partial charge in [-0.15, -0.1) is 0 Å². The number of hydrogen-bond acceptors (Lipinski definition) is 1. The third-order valence-corrected chi connectivity index (χ3v) is 4.90. The van der Waals surface area contributed by atoms with Crippen LogP contribution in [0.15, 0.2) is 66.7 Å². The van der Waals surface area contributed by atoms with Crippen molar-refractivity contribution < 1.29 is 5.11 Å². The Hall–Kier alpha value is -2.12. The summed E-state index contributed by atoms with van der Waals surface area (Å²) in [6, 6.07) is 23.3. The van der Waals surface area contributed by atoms with Crippen molar-refractivity contribution in [2.24, 2.45) is 0 Å². The maximum atomic E-state index is 10.4. The van der Waals surface area contributed by atoms with Crippen molar-refractivity contribution in [1.82, 2.24) is 0 Å². The molecule has 24 heavy (non-hydrogen) atoms. The fraction of sp³-hybridized carbons (Fsp3) is 0.304. The molecule has 1 N–H and O–H groups in total. The Morgan fingerprint density at radius 2 is 1.62 bits per heavy atom. The van der Waals surface area contributed by atoms with E-state index in [1.165, 1.54) is 21.9 Å². The van der Waals surface area contributed by atoms with E-state index in [1.807, 2.05) is 12.1 Å². The lowest BCUT2D eigenvalue weighted by atomic mass is 9.90. The molecule has 0 saturated carbocycles. The number of aryl methyl sites for hydroxylation is 1. The fourth-order valence-corrected chi connectivity index (χ4v) is 3.50. The number of fused-ring (bicyclic) bond motifs is 1. The van der Waals surface area contributed by atoms with Crippen LogP contribution >= 0.6 is 0 Å². The van der Waals surface area contributed by atoms with Gasteiger partial charge in [-0.2, -0.15) is 0 Å². The van der Waals surface area contributed by atoms with Crippen LogP contribution in [0.2, 0.25) is 0 Å². The van der Waals surface area contributed by atoms with Gasteiger partial charge in [-0.1, -0.05) is 79.2 Å². The summed E-state index contributed by atoms with van der Waals surface area (Å²) in [4.78, 5) is 0. The first-order chi connectivity index (χ1) is 11.6. The van der Waals surface area contributed by atoms with E-state index in [9.17, 15) is 5.11 Å². The molecule has 2 atom stereocenters. The molecular formula is C23H26O. The maximum Gasteiger partial charge on any atom is 0.0790 e. The quantitative estimate of drug-likeness (QED) is 0.577. The van der Waals surface area contributed by atoms with Crippen LogP contribution in [0.4, 0.5) is 0 Å². The van der Waals surface area contributed by atoms with Crippen LogP contribution in [0.5, 0.6) is 0 Å². The summed E-state index contributed by atoms with van der Waals surface area (Å²) >= 11 is 0. The van der Waals surface area contributed by atoms with Crippen LogP contribution in [0, 0.1) is 6.92 Å². The van der Waals surface area contributed by atoms with Crippen molar-refractivity contribution in [3.8, 4) is 0 Å². The van der Waals surface area contributed by atoms with E-state index in [-0.39, 0.29) is 6.10 Å². The van der Waals surface area contributed by atoms with Gasteiger partial charge in [-0.25, -0.2) is 0 Å². The van der Waals surface area contributed by atoms with E-state index in [4.69, 9.17) is 0 Å². The van der Waals surface area contributed by atoms with E-state index >= 15 is 0 Å². The zero-order valence-corrected chi connectivity index (χ0v) is 14.6. The van der Waals surface area contributed by atoms with Crippen LogP contribution in [0.1, 0.15) is 54.9 Å². The topological polar surface area (TPSA) is 20.2 Å². The second-order valence-electron chi connectivity index (χ2n) is 6.83. The van der Waals surface area contributed by atoms with Crippen molar-refractivity contribution in [2.75, 3.05) is 0 Å². The Kier molecular flexibility index (Phi) is 5.32. The van der Waals surface area contributed by atoms with E-state index in [1.54, 1.807) is 0 Å². The molecule has 3 aromatic carbocycles. The van der Waals surface area contributed by atoms with Gasteiger partial charge in [0.2, 0.25) is 0 Å². The number of hydrogen-bond donors (Lipinski definition) is 1. The summed E-state index contributed by atoms with van der Waals surface area (Å²) < 4.78 is 0. The first-order valence-electron chi connectivity index (χ1n) is 8.87. The second kappa shape index (κ2) is 7.63. The van der Waals surface area contributed by atoms with E-state index in [0.717, 1.165) is 24.8 Å². The number of aliphatic hydroxyl groups excluding tert-OH is 1. The first kappa shape index (κ1) is 16.7. The molecule has 0 aliphatic carbocycles. The normalized spacial score (nSPS) is 13.8. The van der Waals surface area contributed by atoms with Crippen LogP contribution in [0.25, 0.3) is 10.8 Å². The standard InChI is InChI=1S/C23H26O/c1-17-8-5-12-20(16-17)23(24)15-6-9-18(2)21-14-7-11-19-10-3-4-13-22(19)21/h3-5,7-8,10-14,16,18,23-24H,6,9,15H2,1-2H3/t18-,23?/m0/s1. The highest BCUT2D eigenvalue weighted by Crippen LogP contribution is 2.30. The molecule has 124 valence electrons. The van der Waals surface area contributed by atoms with Crippen LogP contribution in [-0.4, -0.2) is 5.11 Å². The van der Waals surface area contributed by atoms with E-state index in [0.29, 0.717) is 5.92 Å². The predicted octanol–water partition coefficient (Wildman–Crippen LogP) is 6.16. The highest BCUT2D eigenvalue weighted by atomic mass is 16.3. The number of rotatable bonds is 6. The molecule has 3 aromatic rings. The molecule has 0 fully saturated rings. The molecule has 3 rings (SSSR count). The Bertz CT molecular complexity index is 800. The molecule has 0 heterocycles. The summed E-state index contributed by atoms with van der Waals surface area (Å²) in [5, 5.41) is 13.1. The van der Waals surface area contributed by atoms with Crippen molar-refractivity contribution in [3.05, 3.63) is 83.4 Å². The van der Waals surface area contributed by atoms with Crippen molar-refractivity contribution >= 4 is 10.8 Å². The Morgan fingerprint density at radius 1 is 0.875 bits per heavy atom. The zero-order valence-electron chi connectivity index (χ0n) is 14.6. The van der Waals surface area contributed by atoms with Crippen LogP contribution in [0.3, 0.4) is 0 Å². The molecule has 0 amide bonds. The Morgan fingerprint density at radius 3 is 2.46 bits per heavy atom. The smallest absolute Gasteiger partial charge is 0.0790 e. The van der Waals surface area contributed by atoms with Gasteiger partial charge in [0, 0.05) is 0 Å². The molecule has 1 heteroatoms. The third kappa shape index (κ3) is 3.85. The lowest BCUT2D eigenvalue weighted by molar-refractivity contribution is 0.163. The molecule has 0 spiro atoms. The second-order valence-corrected chi connectivity index (χ2v) is 6.83. The Balaban J connectivity index is 1.62. The van der Waals surface area contributed by atoms with Crippen molar-refractivity contribution in [1.29, 1.82) is 0 Å². The summed E-state index contributed by atoms with van der Waals surface area (Å²) in [5.41, 5.74) is 3.65. The van der Waals surface area contributed by atoms with Gasteiger partial charge in [0.15, 0.2) is 0 Å². The van der Waals surface area contributed by atoms with E-state index in [2.05, 4.69) is 68.4 Å². The largest absolute Gasteiger partial charge is 0.388 e. The van der Waals surface area contributed by atoms with Gasteiger partial charge in [0.05, 0.1) is 6.10 Å². The van der Waals surface area contributed by atoms with Gasteiger partial charge in [0.1, 0.15) is 0 Å². The minimum atomic E-state index is -0.357. The highest BCUT2D eigenvalue weighted by Gasteiger charge is 2.12. The number of aliphatic hydroxyl groups is 1. The lowest BCUT2D eigenvalue weighted by Crippen LogP contribution is -2.00. The minimum absolute atomic E-state index is 0.357. The van der Waals surface area contributed by atoms with E-state index < -0.39 is 0 Å². The average Bonchev–Trinajstić information content (AvgIpc) is 2.61. The van der Waals surface area contributed by atoms with Gasteiger partial charge in [-0.3, -0.25) is 0 Å². The monoisotopic (exact) mass is 318 g/mol. The number of benzene rings is 3. The SMILES string of the molecule is Cc1cccc(C(O)CCC[C@H](C)c2cccc3ccccc23)c1. The molecule has 0 aliphatic rings. The molecule has 0 radical (unpaired) electrons. The summed E-state index contributed by atoms with van der Waals surface area (Å²) in [7, 11) is 0. The van der Waals surface area contributed by atoms with Crippen molar-refractivity contribution in [2.45, 2.75) is 45.1 Å². The van der Waals surface area contributed by atoms with Crippen LogP contribution in [-0.2, 0) is 0 Å². The van der Waals surface area contributed by atoms with Crippen LogP contribution < -0.4 is 0 Å². The molecule has 0 aromatic heterocycles. The first-order valence-corrected chi connectivity index (χ1v) is 8.87.